The summed E-state index contributed by atoms with van der Waals surface area (Å²) in [4.78, 5) is 0. The number of halogens is 1. The molecule has 2 unspecified atom stereocenters. The van der Waals surface area contributed by atoms with Crippen LogP contribution in [0.15, 0.2) is 36.5 Å². The number of aliphatic hydroxyl groups is 2. The minimum Gasteiger partial charge on any atom is -0.385 e. The first kappa shape index (κ1) is 13.1. The molecule has 0 aliphatic rings. The quantitative estimate of drug-likeness (QED) is 0.893. The first-order valence-corrected chi connectivity index (χ1v) is 6.15. The lowest BCUT2D eigenvalue weighted by molar-refractivity contribution is 0.0119. The molecule has 0 spiro atoms. The normalized spacial score (nSPS) is 14.4. The van der Waals surface area contributed by atoms with Gasteiger partial charge in [-0.25, -0.2) is 0 Å². The average Bonchev–Trinajstić information content (AvgIpc) is 2.79. The maximum absolute atomic E-state index is 10.2. The second-order valence-electron chi connectivity index (χ2n) is 3.99. The van der Waals surface area contributed by atoms with Gasteiger partial charge in [0.1, 0.15) is 12.2 Å². The fraction of sp³-hybridized carbons (Fsp3) is 0.308. The van der Waals surface area contributed by atoms with Gasteiger partial charge in [0, 0.05) is 6.54 Å². The van der Waals surface area contributed by atoms with Crippen LogP contribution in [0.2, 0.25) is 5.02 Å². The number of hydrogen-bond donors (Lipinski definition) is 2. The van der Waals surface area contributed by atoms with Crippen LogP contribution in [-0.4, -0.2) is 20.0 Å². The highest BCUT2D eigenvalue weighted by atomic mass is 35.5. The van der Waals surface area contributed by atoms with Crippen LogP contribution in [0.4, 0.5) is 0 Å². The summed E-state index contributed by atoms with van der Waals surface area (Å²) in [5.41, 5.74) is 1.08. The van der Waals surface area contributed by atoms with Gasteiger partial charge in [0.25, 0.3) is 0 Å². The van der Waals surface area contributed by atoms with E-state index >= 15 is 0 Å². The van der Waals surface area contributed by atoms with Gasteiger partial charge in [-0.1, -0.05) is 41.9 Å². The molecule has 1 aromatic heterocycles. The van der Waals surface area contributed by atoms with E-state index in [9.17, 15) is 10.2 Å². The highest BCUT2D eigenvalue weighted by Crippen LogP contribution is 2.32. The molecule has 18 heavy (non-hydrogen) atoms. The molecular formula is C13H15ClN2O2. The third-order valence-electron chi connectivity index (χ3n) is 2.85. The van der Waals surface area contributed by atoms with E-state index in [1.54, 1.807) is 16.8 Å². The molecule has 4 nitrogen and oxygen atoms in total. The number of benzene rings is 1. The van der Waals surface area contributed by atoms with E-state index in [2.05, 4.69) is 5.10 Å². The zero-order valence-electron chi connectivity index (χ0n) is 9.99. The van der Waals surface area contributed by atoms with Crippen molar-refractivity contribution in [2.45, 2.75) is 25.7 Å². The summed E-state index contributed by atoms with van der Waals surface area (Å²) in [6.07, 6.45) is -0.644. The van der Waals surface area contributed by atoms with Gasteiger partial charge in [-0.05, 0) is 12.5 Å². The third-order valence-corrected chi connectivity index (χ3v) is 3.14. The summed E-state index contributed by atoms with van der Waals surface area (Å²) in [6, 6.07) is 8.99. The Morgan fingerprint density at radius 2 is 1.89 bits per heavy atom. The highest BCUT2D eigenvalue weighted by molar-refractivity contribution is 6.31. The van der Waals surface area contributed by atoms with Gasteiger partial charge >= 0.3 is 0 Å². The molecule has 1 heterocycles. The van der Waals surface area contributed by atoms with Crippen LogP contribution in [0.3, 0.4) is 0 Å². The first-order valence-electron chi connectivity index (χ1n) is 5.77. The predicted molar refractivity (Wildman–Crippen MR) is 69.3 cm³/mol. The van der Waals surface area contributed by atoms with Gasteiger partial charge < -0.3 is 10.2 Å². The molecule has 0 aliphatic carbocycles. The molecule has 0 fully saturated rings. The molecule has 0 saturated carbocycles. The van der Waals surface area contributed by atoms with Crippen LogP contribution in [0.25, 0.3) is 0 Å². The van der Waals surface area contributed by atoms with Crippen LogP contribution < -0.4 is 0 Å². The summed E-state index contributed by atoms with van der Waals surface area (Å²) in [6.45, 7) is 2.48. The second-order valence-corrected chi connectivity index (χ2v) is 4.40. The number of aromatic nitrogens is 2. The molecule has 0 aliphatic heterocycles. The van der Waals surface area contributed by atoms with Gasteiger partial charge in [-0.15, -0.1) is 0 Å². The Morgan fingerprint density at radius 1 is 1.22 bits per heavy atom. The van der Waals surface area contributed by atoms with Crippen molar-refractivity contribution in [2.24, 2.45) is 0 Å². The summed E-state index contributed by atoms with van der Waals surface area (Å²) < 4.78 is 1.58. The summed E-state index contributed by atoms with van der Waals surface area (Å²) in [5.74, 6) is 0. The lowest BCUT2D eigenvalue weighted by Crippen LogP contribution is -2.15. The Hall–Kier alpha value is -1.36. The zero-order valence-corrected chi connectivity index (χ0v) is 10.7. The van der Waals surface area contributed by atoms with Gasteiger partial charge in [-0.2, -0.15) is 5.10 Å². The van der Waals surface area contributed by atoms with Crippen molar-refractivity contribution in [1.29, 1.82) is 0 Å². The van der Waals surface area contributed by atoms with E-state index < -0.39 is 12.2 Å². The molecule has 0 amide bonds. The van der Waals surface area contributed by atoms with Crippen LogP contribution in [0.1, 0.15) is 30.4 Å². The van der Waals surface area contributed by atoms with Crippen molar-refractivity contribution < 1.29 is 10.2 Å². The topological polar surface area (TPSA) is 58.3 Å². The van der Waals surface area contributed by atoms with Gasteiger partial charge in [-0.3, -0.25) is 4.68 Å². The van der Waals surface area contributed by atoms with Crippen molar-refractivity contribution in [1.82, 2.24) is 9.78 Å². The Labute approximate surface area is 110 Å². The molecule has 2 aromatic rings. The number of aliphatic hydroxyl groups excluding tert-OH is 2. The van der Waals surface area contributed by atoms with E-state index in [-0.39, 0.29) is 0 Å². The number of rotatable bonds is 4. The van der Waals surface area contributed by atoms with Crippen molar-refractivity contribution in [3.63, 3.8) is 0 Å². The Bertz CT molecular complexity index is 513. The van der Waals surface area contributed by atoms with Crippen molar-refractivity contribution in [3.8, 4) is 0 Å². The van der Waals surface area contributed by atoms with Gasteiger partial charge in [0.05, 0.1) is 16.9 Å². The fourth-order valence-corrected chi connectivity index (χ4v) is 2.15. The lowest BCUT2D eigenvalue weighted by atomic mass is 10.0. The van der Waals surface area contributed by atoms with Gasteiger partial charge in [0.2, 0.25) is 0 Å². The standard InChI is InChI=1S/C13H15ClN2O2/c1-2-16-11(10(14)8-15-16)13(18)12(17)9-6-4-3-5-7-9/h3-8,12-13,17-18H,2H2,1H3. The number of aryl methyl sites for hydroxylation is 1. The molecule has 2 atom stereocenters. The molecule has 0 saturated heterocycles. The third kappa shape index (κ3) is 2.41. The highest BCUT2D eigenvalue weighted by Gasteiger charge is 2.25. The molecule has 2 N–H and O–H groups in total. The van der Waals surface area contributed by atoms with Crippen LogP contribution >= 0.6 is 11.6 Å². The Kier molecular flexibility index (Phi) is 4.01. The molecule has 0 bridgehead atoms. The Morgan fingerprint density at radius 3 is 2.50 bits per heavy atom. The van der Waals surface area contributed by atoms with Crippen molar-refractivity contribution in [2.75, 3.05) is 0 Å². The molecular weight excluding hydrogens is 252 g/mol. The smallest absolute Gasteiger partial charge is 0.127 e. The maximum atomic E-state index is 10.2. The van der Waals surface area contributed by atoms with Crippen LogP contribution in [0.5, 0.6) is 0 Å². The lowest BCUT2D eigenvalue weighted by Gasteiger charge is -2.19. The summed E-state index contributed by atoms with van der Waals surface area (Å²) in [7, 11) is 0. The fourth-order valence-electron chi connectivity index (χ4n) is 1.90. The SMILES string of the molecule is CCn1ncc(Cl)c1C(O)C(O)c1ccccc1. The molecule has 2 rings (SSSR count). The summed E-state index contributed by atoms with van der Waals surface area (Å²) in [5, 5.41) is 24.8. The largest absolute Gasteiger partial charge is 0.385 e. The van der Waals surface area contributed by atoms with Crippen LogP contribution in [0, 0.1) is 0 Å². The van der Waals surface area contributed by atoms with E-state index in [0.717, 1.165) is 0 Å². The predicted octanol–water partition coefficient (Wildman–Crippen LogP) is 2.32. The Balaban J connectivity index is 2.31. The van der Waals surface area contributed by atoms with Crippen LogP contribution in [-0.2, 0) is 6.54 Å². The average molecular weight is 267 g/mol. The van der Waals surface area contributed by atoms with Crippen molar-refractivity contribution >= 4 is 11.6 Å². The minimum atomic E-state index is -1.10. The van der Waals surface area contributed by atoms with E-state index in [1.165, 1.54) is 6.20 Å². The summed E-state index contributed by atoms with van der Waals surface area (Å²) >= 11 is 6.00. The van der Waals surface area contributed by atoms with Crippen molar-refractivity contribution in [3.05, 3.63) is 52.8 Å². The minimum absolute atomic E-state index is 0.360. The van der Waals surface area contributed by atoms with E-state index in [0.29, 0.717) is 22.8 Å². The number of nitrogens with zero attached hydrogens (tertiary/aromatic N) is 2. The van der Waals surface area contributed by atoms with E-state index in [4.69, 9.17) is 11.6 Å². The molecule has 96 valence electrons. The zero-order chi connectivity index (χ0) is 13.1. The maximum Gasteiger partial charge on any atom is 0.127 e. The molecule has 5 heteroatoms. The second kappa shape index (κ2) is 5.52. The monoisotopic (exact) mass is 266 g/mol. The van der Waals surface area contributed by atoms with E-state index in [1.807, 2.05) is 25.1 Å². The molecule has 0 radical (unpaired) electrons. The number of hydrogen-bond acceptors (Lipinski definition) is 3. The molecule has 1 aromatic carbocycles. The first-order chi connectivity index (χ1) is 8.65. The van der Waals surface area contributed by atoms with Gasteiger partial charge in [0.15, 0.2) is 0 Å².